The van der Waals surface area contributed by atoms with Gasteiger partial charge in [-0.25, -0.2) is 0 Å². The molecule has 0 saturated heterocycles. The third-order valence-electron chi connectivity index (χ3n) is 2.78. The first-order valence-corrected chi connectivity index (χ1v) is 6.54. The van der Waals surface area contributed by atoms with Gasteiger partial charge in [0.2, 0.25) is 0 Å². The minimum atomic E-state index is 0.703. The first-order valence-electron chi connectivity index (χ1n) is 5.75. The van der Waals surface area contributed by atoms with Crippen LogP contribution in [-0.4, -0.2) is 20.6 Å². The van der Waals surface area contributed by atoms with Gasteiger partial charge in [0, 0.05) is 25.1 Å². The minimum absolute atomic E-state index is 0.703. The largest absolute Gasteiger partial charge is 0.383 e. The summed E-state index contributed by atoms with van der Waals surface area (Å²) in [5.41, 5.74) is 2.42. The van der Waals surface area contributed by atoms with Crippen molar-refractivity contribution < 1.29 is 0 Å². The van der Waals surface area contributed by atoms with Crippen molar-refractivity contribution in [2.75, 3.05) is 30.9 Å². The average molecular weight is 285 g/mol. The molecule has 1 rings (SSSR count). The molecule has 16 heavy (non-hydrogen) atoms. The van der Waals surface area contributed by atoms with E-state index in [1.54, 1.807) is 0 Å². The minimum Gasteiger partial charge on any atom is -0.383 e. The summed E-state index contributed by atoms with van der Waals surface area (Å²) in [5, 5.41) is 3.51. The van der Waals surface area contributed by atoms with E-state index in [1.807, 2.05) is 0 Å². The lowest BCUT2D eigenvalue weighted by atomic mass is 10.1. The molecule has 1 aromatic carbocycles. The number of rotatable bonds is 5. The zero-order chi connectivity index (χ0) is 12.1. The summed E-state index contributed by atoms with van der Waals surface area (Å²) < 4.78 is 1.12. The number of nitrogens with zero attached hydrogens (tertiary/aromatic N) is 1. The van der Waals surface area contributed by atoms with Gasteiger partial charge in [0.1, 0.15) is 0 Å². The highest BCUT2D eigenvalue weighted by Gasteiger charge is 2.06. The second-order valence-corrected chi connectivity index (χ2v) is 5.37. The second kappa shape index (κ2) is 6.14. The molecule has 0 aliphatic heterocycles. The molecule has 0 fully saturated rings. The van der Waals surface area contributed by atoms with Gasteiger partial charge in [-0.2, -0.15) is 0 Å². The van der Waals surface area contributed by atoms with Gasteiger partial charge in [-0.3, -0.25) is 0 Å². The summed E-state index contributed by atoms with van der Waals surface area (Å²) in [4.78, 5) is 2.13. The van der Waals surface area contributed by atoms with Gasteiger partial charge in [0.15, 0.2) is 0 Å². The van der Waals surface area contributed by atoms with Crippen molar-refractivity contribution in [2.24, 2.45) is 5.92 Å². The summed E-state index contributed by atoms with van der Waals surface area (Å²) in [7, 11) is 4.13. The van der Waals surface area contributed by atoms with Crippen molar-refractivity contribution in [3.05, 3.63) is 22.7 Å². The van der Waals surface area contributed by atoms with Crippen molar-refractivity contribution in [2.45, 2.75) is 20.3 Å². The van der Waals surface area contributed by atoms with Crippen LogP contribution >= 0.6 is 15.9 Å². The second-order valence-electron chi connectivity index (χ2n) is 4.45. The summed E-state index contributed by atoms with van der Waals surface area (Å²) in [6, 6.07) is 6.34. The molecule has 90 valence electrons. The van der Waals surface area contributed by atoms with Crippen molar-refractivity contribution in [3.63, 3.8) is 0 Å². The highest BCUT2D eigenvalue weighted by atomic mass is 79.9. The molecule has 1 atom stereocenters. The maximum atomic E-state index is 3.51. The Morgan fingerprint density at radius 3 is 2.62 bits per heavy atom. The van der Waals surface area contributed by atoms with E-state index in [-0.39, 0.29) is 0 Å². The number of hydrogen-bond donors (Lipinski definition) is 1. The Labute approximate surface area is 107 Å². The zero-order valence-corrected chi connectivity index (χ0v) is 12.1. The van der Waals surface area contributed by atoms with Gasteiger partial charge in [-0.1, -0.05) is 36.2 Å². The zero-order valence-electron chi connectivity index (χ0n) is 10.5. The van der Waals surface area contributed by atoms with Gasteiger partial charge in [0.05, 0.1) is 11.4 Å². The number of anilines is 2. The molecule has 0 bridgehead atoms. The normalized spacial score (nSPS) is 12.3. The van der Waals surface area contributed by atoms with Gasteiger partial charge < -0.3 is 10.2 Å². The molecule has 0 aliphatic carbocycles. The summed E-state index contributed by atoms with van der Waals surface area (Å²) >= 11 is 3.51. The summed E-state index contributed by atoms with van der Waals surface area (Å²) in [6.45, 7) is 5.51. The Bertz CT molecular complexity index is 337. The van der Waals surface area contributed by atoms with E-state index < -0.39 is 0 Å². The molecular weight excluding hydrogens is 264 g/mol. The Morgan fingerprint density at radius 2 is 2.06 bits per heavy atom. The van der Waals surface area contributed by atoms with E-state index in [4.69, 9.17) is 0 Å². The van der Waals surface area contributed by atoms with Crippen molar-refractivity contribution >= 4 is 27.3 Å². The Morgan fingerprint density at radius 1 is 1.38 bits per heavy atom. The maximum Gasteiger partial charge on any atom is 0.0597 e. The van der Waals surface area contributed by atoms with Crippen molar-refractivity contribution in [1.82, 2.24) is 0 Å². The fourth-order valence-electron chi connectivity index (χ4n) is 1.47. The van der Waals surface area contributed by atoms with Crippen LogP contribution in [0.25, 0.3) is 0 Å². The molecule has 0 saturated carbocycles. The molecule has 0 radical (unpaired) electrons. The Hall–Kier alpha value is -0.700. The first kappa shape index (κ1) is 13.4. The summed E-state index contributed by atoms with van der Waals surface area (Å²) in [5.74, 6) is 0.703. The van der Waals surface area contributed by atoms with E-state index in [9.17, 15) is 0 Å². The number of nitrogens with one attached hydrogen (secondary N) is 1. The van der Waals surface area contributed by atoms with Crippen molar-refractivity contribution in [1.29, 1.82) is 0 Å². The number of benzene rings is 1. The lowest BCUT2D eigenvalue weighted by Crippen LogP contribution is -2.15. The van der Waals surface area contributed by atoms with Crippen LogP contribution in [0.5, 0.6) is 0 Å². The van der Waals surface area contributed by atoms with E-state index in [0.717, 1.165) is 11.0 Å². The molecule has 0 heterocycles. The van der Waals surface area contributed by atoms with E-state index in [0.29, 0.717) is 5.92 Å². The van der Waals surface area contributed by atoms with Crippen LogP contribution in [0, 0.1) is 5.92 Å². The molecule has 2 nitrogen and oxygen atoms in total. The van der Waals surface area contributed by atoms with Gasteiger partial charge >= 0.3 is 0 Å². The van der Waals surface area contributed by atoms with Gasteiger partial charge in [0.25, 0.3) is 0 Å². The molecule has 3 heteroatoms. The molecule has 1 N–H and O–H groups in total. The quantitative estimate of drug-likeness (QED) is 0.880. The third kappa shape index (κ3) is 3.71. The molecule has 0 aromatic heterocycles. The van der Waals surface area contributed by atoms with Crippen LogP contribution in [0.3, 0.4) is 0 Å². The lowest BCUT2D eigenvalue weighted by Gasteiger charge is -2.20. The predicted octanol–water partition coefficient (Wildman–Crippen LogP) is 3.97. The van der Waals surface area contributed by atoms with E-state index in [1.165, 1.54) is 17.8 Å². The SMILES string of the molecule is CCC(C)CNc1cc(Br)ccc1N(C)C. The molecular formula is C13H21BrN2. The Balaban J connectivity index is 2.80. The average Bonchev–Trinajstić information content (AvgIpc) is 2.25. The van der Waals surface area contributed by atoms with E-state index >= 15 is 0 Å². The van der Waals surface area contributed by atoms with Crippen LogP contribution < -0.4 is 10.2 Å². The van der Waals surface area contributed by atoms with Crippen LogP contribution in [0.15, 0.2) is 22.7 Å². The van der Waals surface area contributed by atoms with Crippen LogP contribution in [0.4, 0.5) is 11.4 Å². The summed E-state index contributed by atoms with van der Waals surface area (Å²) in [6.07, 6.45) is 1.21. The third-order valence-corrected chi connectivity index (χ3v) is 3.27. The Kier molecular flexibility index (Phi) is 5.13. The molecule has 0 aliphatic rings. The molecule has 0 spiro atoms. The number of hydrogen-bond acceptors (Lipinski definition) is 2. The topological polar surface area (TPSA) is 15.3 Å². The molecule has 0 amide bonds. The monoisotopic (exact) mass is 284 g/mol. The molecule has 1 unspecified atom stereocenters. The standard InChI is InChI=1S/C13H21BrN2/c1-5-10(2)9-15-12-8-11(14)6-7-13(12)16(3)4/h6-8,10,15H,5,9H2,1-4H3. The predicted molar refractivity (Wildman–Crippen MR) is 76.4 cm³/mol. The fraction of sp³-hybridized carbons (Fsp3) is 0.538. The highest BCUT2D eigenvalue weighted by molar-refractivity contribution is 9.10. The lowest BCUT2D eigenvalue weighted by molar-refractivity contribution is 0.593. The maximum absolute atomic E-state index is 3.51. The van der Waals surface area contributed by atoms with Crippen LogP contribution in [-0.2, 0) is 0 Å². The van der Waals surface area contributed by atoms with E-state index in [2.05, 4.69) is 72.3 Å². The smallest absolute Gasteiger partial charge is 0.0597 e. The van der Waals surface area contributed by atoms with Crippen LogP contribution in [0.2, 0.25) is 0 Å². The number of halogens is 1. The van der Waals surface area contributed by atoms with Crippen LogP contribution in [0.1, 0.15) is 20.3 Å². The highest BCUT2D eigenvalue weighted by Crippen LogP contribution is 2.28. The fourth-order valence-corrected chi connectivity index (χ4v) is 1.83. The van der Waals surface area contributed by atoms with Crippen molar-refractivity contribution in [3.8, 4) is 0 Å². The van der Waals surface area contributed by atoms with Gasteiger partial charge in [-0.05, 0) is 24.1 Å². The first-order chi connectivity index (χ1) is 7.54. The molecule has 1 aromatic rings. The van der Waals surface area contributed by atoms with Gasteiger partial charge in [-0.15, -0.1) is 0 Å².